The fourth-order valence-electron chi connectivity index (χ4n) is 1.26. The highest BCUT2D eigenvalue weighted by Crippen LogP contribution is 2.33. The van der Waals surface area contributed by atoms with Crippen LogP contribution in [0, 0.1) is 0 Å². The average Bonchev–Trinajstić information content (AvgIpc) is 2.83. The van der Waals surface area contributed by atoms with Crippen LogP contribution in [-0.4, -0.2) is 41.7 Å². The Balaban J connectivity index is 3.04. The summed E-state index contributed by atoms with van der Waals surface area (Å²) in [5.41, 5.74) is 5.30. The molecule has 19 heavy (non-hydrogen) atoms. The van der Waals surface area contributed by atoms with Gasteiger partial charge in [-0.15, -0.1) is 11.3 Å². The first-order valence-corrected chi connectivity index (χ1v) is 7.72. The number of carbonyl (C=O) groups excluding carboxylic acids is 1. The van der Waals surface area contributed by atoms with E-state index in [4.69, 9.17) is 10.5 Å². The van der Waals surface area contributed by atoms with E-state index in [-0.39, 0.29) is 21.4 Å². The zero-order valence-corrected chi connectivity index (χ0v) is 12.3. The summed E-state index contributed by atoms with van der Waals surface area (Å²) in [6, 6.07) is 1.34. The number of ether oxygens (including phenoxy) is 2. The van der Waals surface area contributed by atoms with E-state index in [1.165, 1.54) is 20.3 Å². The fourth-order valence-corrected chi connectivity index (χ4v) is 3.87. The molecule has 1 aromatic heterocycles. The summed E-state index contributed by atoms with van der Waals surface area (Å²) in [5, 5.41) is 0. The molecule has 3 N–H and O–H groups in total. The third-order valence-electron chi connectivity index (χ3n) is 2.19. The van der Waals surface area contributed by atoms with Gasteiger partial charge in [0.15, 0.2) is 9.96 Å². The van der Waals surface area contributed by atoms with Crippen molar-refractivity contribution in [2.24, 2.45) is 5.73 Å². The number of thiophene rings is 1. The van der Waals surface area contributed by atoms with E-state index in [9.17, 15) is 13.2 Å². The Labute approximate surface area is 115 Å². The van der Waals surface area contributed by atoms with Crippen LogP contribution in [0.25, 0.3) is 0 Å². The highest BCUT2D eigenvalue weighted by molar-refractivity contribution is 7.91. The topological polar surface area (TPSA) is 108 Å². The zero-order chi connectivity index (χ0) is 14.5. The van der Waals surface area contributed by atoms with Crippen molar-refractivity contribution < 1.29 is 22.7 Å². The lowest BCUT2D eigenvalue weighted by Crippen LogP contribution is -2.25. The minimum atomic E-state index is -3.72. The maximum atomic E-state index is 12.0. The lowest BCUT2D eigenvalue weighted by molar-refractivity contribution is 0.0606. The number of hydrogen-bond acceptors (Lipinski definition) is 7. The van der Waals surface area contributed by atoms with Crippen LogP contribution in [0.3, 0.4) is 0 Å². The van der Waals surface area contributed by atoms with Crippen LogP contribution >= 0.6 is 11.3 Å². The standard InChI is InChI=1S/C10H16N2O5S2/c1-16-7-6-8(9(13)17-2)18-10(7)19(14,15)12-5-3-4-11/h6,12H,3-5,11H2,1-2H3. The molecule has 9 heteroatoms. The van der Waals surface area contributed by atoms with Crippen LogP contribution in [0.2, 0.25) is 0 Å². The maximum Gasteiger partial charge on any atom is 0.348 e. The van der Waals surface area contributed by atoms with Crippen molar-refractivity contribution in [3.8, 4) is 5.75 Å². The summed E-state index contributed by atoms with van der Waals surface area (Å²) in [6.07, 6.45) is 0.525. The molecule has 0 atom stereocenters. The van der Waals surface area contributed by atoms with Crippen molar-refractivity contribution in [2.45, 2.75) is 10.6 Å². The minimum Gasteiger partial charge on any atom is -0.494 e. The van der Waals surface area contributed by atoms with Gasteiger partial charge in [0.1, 0.15) is 4.88 Å². The van der Waals surface area contributed by atoms with Crippen molar-refractivity contribution in [3.63, 3.8) is 0 Å². The lowest BCUT2D eigenvalue weighted by atomic mass is 10.4. The van der Waals surface area contributed by atoms with E-state index < -0.39 is 16.0 Å². The predicted molar refractivity (Wildman–Crippen MR) is 71.1 cm³/mol. The van der Waals surface area contributed by atoms with Gasteiger partial charge < -0.3 is 15.2 Å². The molecular weight excluding hydrogens is 292 g/mol. The van der Waals surface area contributed by atoms with Crippen molar-refractivity contribution in [2.75, 3.05) is 27.3 Å². The summed E-state index contributed by atoms with van der Waals surface area (Å²) < 4.78 is 35.9. The summed E-state index contributed by atoms with van der Waals surface area (Å²) in [7, 11) is -1.16. The van der Waals surface area contributed by atoms with E-state index in [1.54, 1.807) is 0 Å². The number of rotatable bonds is 7. The number of carbonyl (C=O) groups is 1. The molecule has 0 spiro atoms. The van der Waals surface area contributed by atoms with Gasteiger partial charge in [-0.05, 0) is 13.0 Å². The van der Waals surface area contributed by atoms with Gasteiger partial charge in [0.2, 0.25) is 0 Å². The molecule has 0 radical (unpaired) electrons. The van der Waals surface area contributed by atoms with E-state index >= 15 is 0 Å². The molecule has 0 aliphatic rings. The second kappa shape index (κ2) is 6.85. The molecule has 0 saturated heterocycles. The van der Waals surface area contributed by atoms with Crippen LogP contribution in [0.5, 0.6) is 5.75 Å². The number of esters is 1. The third-order valence-corrected chi connectivity index (χ3v) is 5.26. The Bertz CT molecular complexity index is 538. The number of methoxy groups -OCH3 is 2. The highest BCUT2D eigenvalue weighted by atomic mass is 32.2. The van der Waals surface area contributed by atoms with Crippen molar-refractivity contribution in [3.05, 3.63) is 10.9 Å². The molecule has 108 valence electrons. The predicted octanol–water partition coefficient (Wildman–Crippen LogP) is 0.170. The monoisotopic (exact) mass is 308 g/mol. The fraction of sp³-hybridized carbons (Fsp3) is 0.500. The molecule has 0 aromatic carbocycles. The molecule has 1 rings (SSSR count). The Morgan fingerprint density at radius 3 is 2.68 bits per heavy atom. The summed E-state index contributed by atoms with van der Waals surface area (Å²) in [6.45, 7) is 0.616. The second-order valence-electron chi connectivity index (χ2n) is 3.50. The molecular formula is C10H16N2O5S2. The Morgan fingerprint density at radius 1 is 1.47 bits per heavy atom. The quantitative estimate of drug-likeness (QED) is 0.549. The van der Waals surface area contributed by atoms with Crippen LogP contribution in [-0.2, 0) is 14.8 Å². The maximum absolute atomic E-state index is 12.0. The Hall–Kier alpha value is -1.16. The zero-order valence-electron chi connectivity index (χ0n) is 10.6. The number of hydrogen-bond donors (Lipinski definition) is 2. The van der Waals surface area contributed by atoms with Crippen molar-refractivity contribution >= 4 is 27.3 Å². The van der Waals surface area contributed by atoms with Gasteiger partial charge in [-0.25, -0.2) is 17.9 Å². The van der Waals surface area contributed by atoms with E-state index in [2.05, 4.69) is 9.46 Å². The van der Waals surface area contributed by atoms with Crippen LogP contribution < -0.4 is 15.2 Å². The summed E-state index contributed by atoms with van der Waals surface area (Å²) in [5.74, 6) is -0.489. The molecule has 0 amide bonds. The molecule has 1 heterocycles. The van der Waals surface area contributed by atoms with E-state index in [1.807, 2.05) is 0 Å². The highest BCUT2D eigenvalue weighted by Gasteiger charge is 2.25. The summed E-state index contributed by atoms with van der Waals surface area (Å²) >= 11 is 0.800. The van der Waals surface area contributed by atoms with Crippen molar-refractivity contribution in [1.29, 1.82) is 0 Å². The molecule has 0 fully saturated rings. The Morgan fingerprint density at radius 2 is 2.16 bits per heavy atom. The third kappa shape index (κ3) is 3.90. The number of sulfonamides is 1. The molecule has 0 unspecified atom stereocenters. The first-order valence-electron chi connectivity index (χ1n) is 5.42. The van der Waals surface area contributed by atoms with Gasteiger partial charge in [0.05, 0.1) is 14.2 Å². The summed E-state index contributed by atoms with van der Waals surface area (Å²) in [4.78, 5) is 11.5. The first kappa shape index (κ1) is 15.9. The van der Waals surface area contributed by atoms with E-state index in [0.717, 1.165) is 11.3 Å². The molecule has 1 aromatic rings. The molecule has 0 saturated carbocycles. The smallest absolute Gasteiger partial charge is 0.348 e. The van der Waals surface area contributed by atoms with Crippen LogP contribution in [0.15, 0.2) is 10.3 Å². The lowest BCUT2D eigenvalue weighted by Gasteiger charge is -2.05. The molecule has 7 nitrogen and oxygen atoms in total. The molecule has 0 aliphatic carbocycles. The van der Waals surface area contributed by atoms with Gasteiger partial charge >= 0.3 is 5.97 Å². The van der Waals surface area contributed by atoms with Gasteiger partial charge in [-0.3, -0.25) is 0 Å². The van der Waals surface area contributed by atoms with Gasteiger partial charge in [0.25, 0.3) is 10.0 Å². The van der Waals surface area contributed by atoms with Gasteiger partial charge in [-0.2, -0.15) is 0 Å². The average molecular weight is 308 g/mol. The SMILES string of the molecule is COC(=O)c1cc(OC)c(S(=O)(=O)NCCCN)s1. The largest absolute Gasteiger partial charge is 0.494 e. The van der Waals surface area contributed by atoms with E-state index in [0.29, 0.717) is 13.0 Å². The Kier molecular flexibility index (Phi) is 5.73. The second-order valence-corrected chi connectivity index (χ2v) is 6.51. The van der Waals surface area contributed by atoms with Crippen LogP contribution in [0.4, 0.5) is 0 Å². The molecule has 0 bridgehead atoms. The van der Waals surface area contributed by atoms with Gasteiger partial charge in [-0.1, -0.05) is 0 Å². The molecule has 0 aliphatic heterocycles. The number of nitrogens with one attached hydrogen (secondary N) is 1. The minimum absolute atomic E-state index is 0.0487. The van der Waals surface area contributed by atoms with Gasteiger partial charge in [0, 0.05) is 12.6 Å². The van der Waals surface area contributed by atoms with Crippen molar-refractivity contribution in [1.82, 2.24) is 4.72 Å². The normalized spacial score (nSPS) is 11.3. The van der Waals surface area contributed by atoms with Crippen LogP contribution in [0.1, 0.15) is 16.1 Å². The first-order chi connectivity index (χ1) is 8.96. The number of nitrogens with two attached hydrogens (primary N) is 1.